The van der Waals surface area contributed by atoms with Crippen molar-refractivity contribution in [3.63, 3.8) is 0 Å². The van der Waals surface area contributed by atoms with Crippen LogP contribution in [0.25, 0.3) is 5.65 Å². The fourth-order valence-corrected chi connectivity index (χ4v) is 2.04. The highest BCUT2D eigenvalue weighted by atomic mass is 79.9. The van der Waals surface area contributed by atoms with E-state index in [9.17, 15) is 0 Å². The van der Waals surface area contributed by atoms with E-state index >= 15 is 0 Å². The molecule has 2 aromatic heterocycles. The summed E-state index contributed by atoms with van der Waals surface area (Å²) in [6.45, 7) is 2.09. The van der Waals surface area contributed by atoms with E-state index in [0.717, 1.165) is 16.0 Å². The first-order chi connectivity index (χ1) is 6.74. The molecule has 1 aliphatic rings. The van der Waals surface area contributed by atoms with Gasteiger partial charge < -0.3 is 4.40 Å². The van der Waals surface area contributed by atoms with Gasteiger partial charge in [-0.2, -0.15) is 0 Å². The first kappa shape index (κ1) is 8.48. The van der Waals surface area contributed by atoms with Crippen molar-refractivity contribution in [1.82, 2.24) is 9.38 Å². The van der Waals surface area contributed by atoms with Gasteiger partial charge in [-0.3, -0.25) is 0 Å². The standard InChI is InChI=1S/C11H11BrN2/c1-7-4-11-13-10(8-2-3-8)6-14(11)5-9(7)12/h4-6,8H,2-3H2,1H3. The number of rotatable bonds is 1. The maximum atomic E-state index is 4.62. The second-order valence-corrected chi connectivity index (χ2v) is 4.86. The topological polar surface area (TPSA) is 17.3 Å². The molecule has 0 N–H and O–H groups in total. The van der Waals surface area contributed by atoms with Crippen molar-refractivity contribution in [1.29, 1.82) is 0 Å². The molecule has 0 atom stereocenters. The molecule has 72 valence electrons. The van der Waals surface area contributed by atoms with Gasteiger partial charge in [-0.1, -0.05) is 0 Å². The summed E-state index contributed by atoms with van der Waals surface area (Å²) in [6, 6.07) is 2.12. The lowest BCUT2D eigenvalue weighted by Crippen LogP contribution is -1.85. The predicted octanol–water partition coefficient (Wildman–Crippen LogP) is 3.28. The van der Waals surface area contributed by atoms with Gasteiger partial charge in [-0.25, -0.2) is 4.98 Å². The quantitative estimate of drug-likeness (QED) is 0.760. The van der Waals surface area contributed by atoms with Gasteiger partial charge in [0.05, 0.1) is 5.69 Å². The largest absolute Gasteiger partial charge is 0.306 e. The molecular weight excluding hydrogens is 240 g/mol. The third kappa shape index (κ3) is 1.27. The number of imidazole rings is 1. The molecule has 0 amide bonds. The van der Waals surface area contributed by atoms with Gasteiger partial charge >= 0.3 is 0 Å². The van der Waals surface area contributed by atoms with Crippen LogP contribution < -0.4 is 0 Å². The number of aromatic nitrogens is 2. The van der Waals surface area contributed by atoms with Crippen molar-refractivity contribution in [2.24, 2.45) is 0 Å². The molecule has 3 rings (SSSR count). The maximum absolute atomic E-state index is 4.62. The Bertz CT molecular complexity index is 458. The van der Waals surface area contributed by atoms with Gasteiger partial charge in [0.2, 0.25) is 0 Å². The Hall–Kier alpha value is -0.830. The van der Waals surface area contributed by atoms with Crippen LogP contribution in [0.1, 0.15) is 30.0 Å². The van der Waals surface area contributed by atoms with Crippen molar-refractivity contribution in [2.75, 3.05) is 0 Å². The van der Waals surface area contributed by atoms with Crippen LogP contribution in [-0.2, 0) is 0 Å². The van der Waals surface area contributed by atoms with E-state index in [1.165, 1.54) is 24.1 Å². The van der Waals surface area contributed by atoms with Crippen molar-refractivity contribution in [3.8, 4) is 0 Å². The van der Waals surface area contributed by atoms with Crippen LogP contribution in [0.3, 0.4) is 0 Å². The van der Waals surface area contributed by atoms with E-state index in [1.807, 2.05) is 0 Å². The molecule has 1 saturated carbocycles. The Morgan fingerprint density at radius 2 is 2.21 bits per heavy atom. The highest BCUT2D eigenvalue weighted by Crippen LogP contribution is 2.39. The minimum absolute atomic E-state index is 0.731. The lowest BCUT2D eigenvalue weighted by Gasteiger charge is -1.98. The summed E-state index contributed by atoms with van der Waals surface area (Å²) in [5.74, 6) is 0.731. The fourth-order valence-electron chi connectivity index (χ4n) is 1.70. The number of pyridine rings is 1. The van der Waals surface area contributed by atoms with E-state index < -0.39 is 0 Å². The SMILES string of the molecule is Cc1cc2nc(C3CC3)cn2cc1Br. The molecule has 2 nitrogen and oxygen atoms in total. The zero-order valence-electron chi connectivity index (χ0n) is 8.00. The zero-order chi connectivity index (χ0) is 9.71. The summed E-state index contributed by atoms with van der Waals surface area (Å²) in [5.41, 5.74) is 3.56. The predicted molar refractivity (Wildman–Crippen MR) is 59.6 cm³/mol. The van der Waals surface area contributed by atoms with Crippen LogP contribution in [0.4, 0.5) is 0 Å². The normalized spacial score (nSPS) is 16.4. The van der Waals surface area contributed by atoms with Crippen LogP contribution in [0.15, 0.2) is 22.9 Å². The number of fused-ring (bicyclic) bond motifs is 1. The number of hydrogen-bond acceptors (Lipinski definition) is 1. The maximum Gasteiger partial charge on any atom is 0.137 e. The molecule has 0 bridgehead atoms. The lowest BCUT2D eigenvalue weighted by molar-refractivity contribution is 1.06. The number of nitrogens with zero attached hydrogens (tertiary/aromatic N) is 2. The summed E-state index contributed by atoms with van der Waals surface area (Å²) in [4.78, 5) is 4.62. The van der Waals surface area contributed by atoms with Crippen molar-refractivity contribution >= 4 is 21.6 Å². The monoisotopic (exact) mass is 250 g/mol. The zero-order valence-corrected chi connectivity index (χ0v) is 9.58. The van der Waals surface area contributed by atoms with Crippen molar-refractivity contribution < 1.29 is 0 Å². The van der Waals surface area contributed by atoms with E-state index in [-0.39, 0.29) is 0 Å². The molecular formula is C11H11BrN2. The molecule has 0 saturated heterocycles. The third-order valence-corrected chi connectivity index (χ3v) is 3.58. The van der Waals surface area contributed by atoms with E-state index in [2.05, 4.69) is 50.7 Å². The Labute approximate surface area is 91.1 Å². The number of hydrogen-bond donors (Lipinski definition) is 0. The Morgan fingerprint density at radius 3 is 2.93 bits per heavy atom. The van der Waals surface area contributed by atoms with Crippen LogP contribution >= 0.6 is 15.9 Å². The molecule has 1 fully saturated rings. The number of aryl methyl sites for hydroxylation is 1. The molecule has 0 aliphatic heterocycles. The van der Waals surface area contributed by atoms with E-state index in [4.69, 9.17) is 0 Å². The summed E-state index contributed by atoms with van der Waals surface area (Å²) in [6.07, 6.45) is 6.86. The van der Waals surface area contributed by atoms with Gasteiger partial charge in [0.15, 0.2) is 0 Å². The van der Waals surface area contributed by atoms with Crippen LogP contribution in [0, 0.1) is 6.92 Å². The number of halogens is 1. The van der Waals surface area contributed by atoms with Crippen LogP contribution in [0.2, 0.25) is 0 Å². The molecule has 2 aromatic rings. The second kappa shape index (κ2) is 2.83. The van der Waals surface area contributed by atoms with Gasteiger partial charge in [0.1, 0.15) is 5.65 Å². The van der Waals surface area contributed by atoms with Gasteiger partial charge in [-0.15, -0.1) is 0 Å². The molecule has 14 heavy (non-hydrogen) atoms. The highest BCUT2D eigenvalue weighted by Gasteiger charge is 2.26. The Kier molecular flexibility index (Phi) is 1.71. The average Bonchev–Trinajstić information content (AvgIpc) is 2.90. The summed E-state index contributed by atoms with van der Waals surface area (Å²) in [7, 11) is 0. The summed E-state index contributed by atoms with van der Waals surface area (Å²) in [5, 5.41) is 0. The van der Waals surface area contributed by atoms with Crippen molar-refractivity contribution in [2.45, 2.75) is 25.7 Å². The highest BCUT2D eigenvalue weighted by molar-refractivity contribution is 9.10. The van der Waals surface area contributed by atoms with Gasteiger partial charge in [-0.05, 0) is 47.3 Å². The third-order valence-electron chi connectivity index (χ3n) is 2.75. The smallest absolute Gasteiger partial charge is 0.137 e. The van der Waals surface area contributed by atoms with Crippen LogP contribution in [0.5, 0.6) is 0 Å². The molecule has 2 heterocycles. The van der Waals surface area contributed by atoms with E-state index in [0.29, 0.717) is 0 Å². The molecule has 0 aromatic carbocycles. The fraction of sp³-hybridized carbons (Fsp3) is 0.364. The second-order valence-electron chi connectivity index (χ2n) is 4.01. The molecule has 0 radical (unpaired) electrons. The van der Waals surface area contributed by atoms with Gasteiger partial charge in [0, 0.05) is 22.8 Å². The molecule has 0 spiro atoms. The first-order valence-corrected chi connectivity index (χ1v) is 5.68. The lowest BCUT2D eigenvalue weighted by atomic mass is 10.3. The average molecular weight is 251 g/mol. The summed E-state index contributed by atoms with van der Waals surface area (Å²) >= 11 is 3.53. The van der Waals surface area contributed by atoms with Crippen molar-refractivity contribution in [3.05, 3.63) is 34.2 Å². The minimum atomic E-state index is 0.731. The Balaban J connectivity index is 2.22. The molecule has 0 unspecified atom stereocenters. The minimum Gasteiger partial charge on any atom is -0.306 e. The van der Waals surface area contributed by atoms with E-state index in [1.54, 1.807) is 0 Å². The first-order valence-electron chi connectivity index (χ1n) is 4.89. The molecule has 1 aliphatic carbocycles. The Morgan fingerprint density at radius 1 is 1.43 bits per heavy atom. The molecule has 3 heteroatoms. The summed E-state index contributed by atoms with van der Waals surface area (Å²) < 4.78 is 3.25. The van der Waals surface area contributed by atoms with Gasteiger partial charge in [0.25, 0.3) is 0 Å². The van der Waals surface area contributed by atoms with Crippen LogP contribution in [-0.4, -0.2) is 9.38 Å².